The van der Waals surface area contributed by atoms with Gasteiger partial charge in [-0.2, -0.15) is 0 Å². The maximum absolute atomic E-state index is 12.8. The fourth-order valence-corrected chi connectivity index (χ4v) is 8.58. The van der Waals surface area contributed by atoms with E-state index >= 15 is 0 Å². The molecule has 0 aromatic rings. The topological polar surface area (TPSA) is 54.4 Å². The van der Waals surface area contributed by atoms with Crippen LogP contribution in [-0.2, 0) is 9.59 Å². The molecule has 4 rings (SSSR count). The Morgan fingerprint density at radius 2 is 1.88 bits per heavy atom. The van der Waals surface area contributed by atoms with E-state index < -0.39 is 0 Å². The number of carbonyl (C=O) groups excluding carboxylic acids is 2. The number of aliphatic hydroxyl groups excluding tert-OH is 1. The molecule has 0 amide bonds. The summed E-state index contributed by atoms with van der Waals surface area (Å²) in [7, 11) is 0. The van der Waals surface area contributed by atoms with Crippen LogP contribution in [0.5, 0.6) is 0 Å². The van der Waals surface area contributed by atoms with Gasteiger partial charge in [0.15, 0.2) is 0 Å². The first-order valence-corrected chi connectivity index (χ1v) is 13.1. The van der Waals surface area contributed by atoms with Crippen LogP contribution in [-0.4, -0.2) is 23.3 Å². The van der Waals surface area contributed by atoms with Gasteiger partial charge in [0.25, 0.3) is 0 Å². The number of Topliss-reactive ketones (excluding diaryl/α,β-unsaturated/α-hetero) is 1. The first kappa shape index (κ1) is 24.6. The number of rotatable bonds is 5. The monoisotopic (exact) mass is 452 g/mol. The molecule has 2 fully saturated rings. The number of aldehydes is 1. The summed E-state index contributed by atoms with van der Waals surface area (Å²) < 4.78 is 0. The summed E-state index contributed by atoms with van der Waals surface area (Å²) in [6.07, 6.45) is 13.8. The Labute approximate surface area is 200 Å². The van der Waals surface area contributed by atoms with E-state index in [1.54, 1.807) is 0 Å². The first-order valence-electron chi connectivity index (χ1n) is 13.1. The lowest BCUT2D eigenvalue weighted by atomic mass is 9.44. The number of ketones is 1. The molecule has 7 atom stereocenters. The van der Waals surface area contributed by atoms with Crippen molar-refractivity contribution in [2.75, 3.05) is 0 Å². The van der Waals surface area contributed by atoms with Gasteiger partial charge in [-0.25, -0.2) is 0 Å². The Bertz CT molecular complexity index is 936. The lowest BCUT2D eigenvalue weighted by Crippen LogP contribution is -2.54. The highest BCUT2D eigenvalue weighted by molar-refractivity contribution is 5.86. The van der Waals surface area contributed by atoms with E-state index in [1.807, 2.05) is 13.0 Å². The largest absolute Gasteiger partial charge is 0.392 e. The highest BCUT2D eigenvalue weighted by atomic mass is 16.3. The molecule has 0 aliphatic heterocycles. The Kier molecular flexibility index (Phi) is 6.00. The molecule has 1 N–H and O–H groups in total. The molecule has 2 saturated carbocycles. The minimum absolute atomic E-state index is 0.00636. The van der Waals surface area contributed by atoms with Crippen LogP contribution in [0.3, 0.4) is 0 Å². The molecule has 4 aliphatic rings. The molecule has 182 valence electrons. The zero-order chi connectivity index (χ0) is 24.4. The zero-order valence-corrected chi connectivity index (χ0v) is 21.8. The molecule has 4 aliphatic carbocycles. The molecule has 0 aromatic heterocycles. The average molecular weight is 453 g/mol. The van der Waals surface area contributed by atoms with E-state index in [1.165, 1.54) is 11.1 Å². The summed E-state index contributed by atoms with van der Waals surface area (Å²) >= 11 is 0. The predicted molar refractivity (Wildman–Crippen MR) is 134 cm³/mol. The highest BCUT2D eigenvalue weighted by Gasteiger charge is 2.66. The van der Waals surface area contributed by atoms with Gasteiger partial charge in [-0.1, -0.05) is 59.8 Å². The second-order valence-electron chi connectivity index (χ2n) is 12.9. The molecule has 0 saturated heterocycles. The number of hydrogen-bond acceptors (Lipinski definition) is 3. The molecule has 0 heterocycles. The van der Waals surface area contributed by atoms with Gasteiger partial charge in [0.05, 0.1) is 6.10 Å². The van der Waals surface area contributed by atoms with E-state index in [9.17, 15) is 14.7 Å². The molecule has 3 heteroatoms. The van der Waals surface area contributed by atoms with Crippen LogP contribution >= 0.6 is 0 Å². The first-order chi connectivity index (χ1) is 15.3. The Morgan fingerprint density at radius 1 is 1.18 bits per heavy atom. The molecule has 0 spiro atoms. The normalized spacial score (nSPS) is 43.1. The van der Waals surface area contributed by atoms with Crippen LogP contribution in [0.25, 0.3) is 0 Å². The van der Waals surface area contributed by atoms with Crippen molar-refractivity contribution >= 4 is 12.1 Å². The third-order valence-electron chi connectivity index (χ3n) is 11.1. The van der Waals surface area contributed by atoms with E-state index in [-0.39, 0.29) is 27.8 Å². The van der Waals surface area contributed by atoms with Gasteiger partial charge < -0.3 is 5.11 Å². The van der Waals surface area contributed by atoms with Crippen molar-refractivity contribution in [2.45, 2.75) is 99.5 Å². The highest BCUT2D eigenvalue weighted by Crippen LogP contribution is 2.71. The standard InChI is InChI=1S/C30H44O3/c1-19(18-31)9-8-10-20(2)23-17-26(33)30(7)22-11-12-24-27(3,4)25(32)14-15-28(24,5)21(22)13-16-29(23,30)6/h9,11,13,18,20,23-24,26,33H,8,10,12,14-17H2,1-7H3/b19-9-/t20-,23-,24+,26+,28-,29-,30-/m1/s1. The lowest BCUT2D eigenvalue weighted by Gasteiger charge is -2.60. The SMILES string of the molecule is C/C(C=O)=C/CC[C@@H](C)[C@H]1C[C@H](O)[C@@]2(C)C3=CC[C@H]4C(C)(C)C(=O)CC[C@]4(C)C3=CC[C@]12C. The van der Waals surface area contributed by atoms with E-state index in [0.29, 0.717) is 30.0 Å². The molecule has 0 bridgehead atoms. The van der Waals surface area contributed by atoms with Gasteiger partial charge in [-0.05, 0) is 90.8 Å². The zero-order valence-electron chi connectivity index (χ0n) is 21.8. The lowest BCUT2D eigenvalue weighted by molar-refractivity contribution is -0.138. The number of fused-ring (bicyclic) bond motifs is 5. The van der Waals surface area contributed by atoms with Crippen LogP contribution in [0.2, 0.25) is 0 Å². The van der Waals surface area contributed by atoms with Gasteiger partial charge in [0.1, 0.15) is 12.1 Å². The number of hydrogen-bond donors (Lipinski definition) is 1. The van der Waals surface area contributed by atoms with Crippen molar-refractivity contribution in [3.05, 3.63) is 34.9 Å². The summed E-state index contributed by atoms with van der Waals surface area (Å²) in [5, 5.41) is 11.6. The Balaban J connectivity index is 1.69. The molecule has 0 radical (unpaired) electrons. The second-order valence-corrected chi connectivity index (χ2v) is 12.9. The number of allylic oxidation sites excluding steroid dienone is 5. The van der Waals surface area contributed by atoms with E-state index in [0.717, 1.165) is 50.4 Å². The third-order valence-corrected chi connectivity index (χ3v) is 11.1. The molecule has 0 aromatic carbocycles. The maximum Gasteiger partial charge on any atom is 0.145 e. The molecule has 0 unspecified atom stereocenters. The minimum Gasteiger partial charge on any atom is -0.392 e. The van der Waals surface area contributed by atoms with Crippen LogP contribution < -0.4 is 0 Å². The summed E-state index contributed by atoms with van der Waals surface area (Å²) in [5.41, 5.74) is 3.06. The molecular formula is C30H44O3. The number of carbonyl (C=O) groups is 2. The summed E-state index contributed by atoms with van der Waals surface area (Å²) in [4.78, 5) is 23.7. The van der Waals surface area contributed by atoms with Crippen LogP contribution in [0.15, 0.2) is 34.9 Å². The van der Waals surface area contributed by atoms with E-state index in [2.05, 4.69) is 53.7 Å². The molecule has 3 nitrogen and oxygen atoms in total. The van der Waals surface area contributed by atoms with Gasteiger partial charge in [0, 0.05) is 17.3 Å². The van der Waals surface area contributed by atoms with Crippen molar-refractivity contribution in [2.24, 2.45) is 39.4 Å². The molecular weight excluding hydrogens is 408 g/mol. The minimum atomic E-state index is -0.351. The number of aliphatic hydroxyl groups is 1. The Hall–Kier alpha value is -1.48. The third kappa shape index (κ3) is 3.32. The summed E-state index contributed by atoms with van der Waals surface area (Å²) in [5.74, 6) is 1.66. The fourth-order valence-electron chi connectivity index (χ4n) is 8.58. The van der Waals surface area contributed by atoms with Gasteiger partial charge in [-0.3, -0.25) is 9.59 Å². The van der Waals surface area contributed by atoms with Crippen molar-refractivity contribution in [3.63, 3.8) is 0 Å². The smallest absolute Gasteiger partial charge is 0.145 e. The van der Waals surface area contributed by atoms with Gasteiger partial charge in [-0.15, -0.1) is 0 Å². The summed E-state index contributed by atoms with van der Waals surface area (Å²) in [6.45, 7) is 15.6. The molecule has 33 heavy (non-hydrogen) atoms. The quantitative estimate of drug-likeness (QED) is 0.377. The summed E-state index contributed by atoms with van der Waals surface area (Å²) in [6, 6.07) is 0. The van der Waals surface area contributed by atoms with Gasteiger partial charge >= 0.3 is 0 Å². The maximum atomic E-state index is 12.8. The van der Waals surface area contributed by atoms with Crippen LogP contribution in [0, 0.1) is 39.4 Å². The van der Waals surface area contributed by atoms with Gasteiger partial charge in [0.2, 0.25) is 0 Å². The second kappa shape index (κ2) is 8.04. The van der Waals surface area contributed by atoms with Crippen molar-refractivity contribution in [3.8, 4) is 0 Å². The Morgan fingerprint density at radius 3 is 2.55 bits per heavy atom. The fraction of sp³-hybridized carbons (Fsp3) is 0.733. The van der Waals surface area contributed by atoms with Crippen molar-refractivity contribution in [1.82, 2.24) is 0 Å². The van der Waals surface area contributed by atoms with Crippen LogP contribution in [0.1, 0.15) is 93.4 Å². The van der Waals surface area contributed by atoms with E-state index in [4.69, 9.17) is 0 Å². The average Bonchev–Trinajstić information content (AvgIpc) is 2.98. The van der Waals surface area contributed by atoms with Crippen molar-refractivity contribution in [1.29, 1.82) is 0 Å². The van der Waals surface area contributed by atoms with Crippen LogP contribution in [0.4, 0.5) is 0 Å². The van der Waals surface area contributed by atoms with Crippen molar-refractivity contribution < 1.29 is 14.7 Å². The predicted octanol–water partition coefficient (Wildman–Crippen LogP) is 6.61.